The zero-order chi connectivity index (χ0) is 17.0. The van der Waals surface area contributed by atoms with Crippen LogP contribution in [-0.2, 0) is 6.42 Å². The van der Waals surface area contributed by atoms with Gasteiger partial charge in [0.15, 0.2) is 5.82 Å². The van der Waals surface area contributed by atoms with Gasteiger partial charge in [-0.15, -0.1) is 5.10 Å². The number of hydrogen-bond acceptors (Lipinski definition) is 5. The van der Waals surface area contributed by atoms with Gasteiger partial charge in [0.05, 0.1) is 6.20 Å². The summed E-state index contributed by atoms with van der Waals surface area (Å²) in [6.07, 6.45) is 5.21. The highest BCUT2D eigenvalue weighted by atomic mass is 15.3. The van der Waals surface area contributed by atoms with Crippen molar-refractivity contribution in [2.24, 2.45) is 5.92 Å². The van der Waals surface area contributed by atoms with E-state index in [1.807, 2.05) is 0 Å². The molecule has 2 aromatic rings. The second-order valence-corrected chi connectivity index (χ2v) is 7.64. The number of rotatable bonds is 4. The van der Waals surface area contributed by atoms with Crippen LogP contribution in [0.25, 0.3) is 0 Å². The van der Waals surface area contributed by atoms with Crippen LogP contribution in [0.5, 0.6) is 0 Å². The van der Waals surface area contributed by atoms with Gasteiger partial charge in [-0.25, -0.2) is 0 Å². The van der Waals surface area contributed by atoms with Crippen molar-refractivity contribution in [3.05, 3.63) is 42.1 Å². The van der Waals surface area contributed by atoms with Gasteiger partial charge in [0.1, 0.15) is 0 Å². The van der Waals surface area contributed by atoms with Gasteiger partial charge in [-0.1, -0.05) is 30.3 Å². The highest BCUT2D eigenvalue weighted by Crippen LogP contribution is 2.24. The van der Waals surface area contributed by atoms with E-state index >= 15 is 0 Å². The van der Waals surface area contributed by atoms with Crippen molar-refractivity contribution in [1.29, 1.82) is 0 Å². The van der Waals surface area contributed by atoms with E-state index in [9.17, 15) is 0 Å². The maximum absolute atomic E-state index is 4.63. The summed E-state index contributed by atoms with van der Waals surface area (Å²) in [5.74, 6) is 2.27. The van der Waals surface area contributed by atoms with Crippen LogP contribution in [0.1, 0.15) is 39.2 Å². The number of nitrogens with zero attached hydrogens (tertiary/aromatic N) is 4. The van der Waals surface area contributed by atoms with E-state index in [1.54, 1.807) is 6.20 Å². The molecule has 128 valence electrons. The van der Waals surface area contributed by atoms with Crippen LogP contribution in [0.2, 0.25) is 0 Å². The first kappa shape index (κ1) is 16.7. The van der Waals surface area contributed by atoms with Gasteiger partial charge in [-0.2, -0.15) is 10.1 Å². The lowest BCUT2D eigenvalue weighted by molar-refractivity contribution is 0.400. The van der Waals surface area contributed by atoms with Crippen LogP contribution < -0.4 is 10.2 Å². The van der Waals surface area contributed by atoms with Crippen LogP contribution in [-0.4, -0.2) is 33.8 Å². The Labute approximate surface area is 144 Å². The predicted octanol–water partition coefficient (Wildman–Crippen LogP) is 3.54. The maximum Gasteiger partial charge on any atom is 0.247 e. The molecule has 0 saturated carbocycles. The fraction of sp³-hybridized carbons (Fsp3) is 0.526. The van der Waals surface area contributed by atoms with Gasteiger partial charge in [-0.05, 0) is 51.5 Å². The van der Waals surface area contributed by atoms with Gasteiger partial charge >= 0.3 is 0 Å². The Kier molecular flexibility index (Phi) is 4.97. The minimum Gasteiger partial charge on any atom is -0.364 e. The van der Waals surface area contributed by atoms with E-state index < -0.39 is 0 Å². The monoisotopic (exact) mass is 325 g/mol. The van der Waals surface area contributed by atoms with Crippen LogP contribution in [0, 0.1) is 5.92 Å². The second kappa shape index (κ2) is 7.16. The Morgan fingerprint density at radius 2 is 1.83 bits per heavy atom. The minimum absolute atomic E-state index is 0.0318. The van der Waals surface area contributed by atoms with Gasteiger partial charge in [-0.3, -0.25) is 0 Å². The van der Waals surface area contributed by atoms with Gasteiger partial charge < -0.3 is 10.2 Å². The van der Waals surface area contributed by atoms with Crippen molar-refractivity contribution in [1.82, 2.24) is 15.2 Å². The normalized spacial score (nSPS) is 16.2. The molecule has 5 nitrogen and oxygen atoms in total. The Balaban J connectivity index is 1.57. The fourth-order valence-electron chi connectivity index (χ4n) is 3.16. The standard InChI is InChI=1S/C19H27N5/c1-19(2,3)22-17-14-20-23-18(21-17)24-11-9-16(10-12-24)13-15-7-5-4-6-8-15/h4-8,14,16H,9-13H2,1-3H3,(H,21,22,23). The molecule has 1 aromatic heterocycles. The lowest BCUT2D eigenvalue weighted by Gasteiger charge is -2.32. The third kappa shape index (κ3) is 4.66. The molecule has 1 N–H and O–H groups in total. The molecule has 1 aliphatic heterocycles. The molecule has 3 rings (SSSR count). The van der Waals surface area contributed by atoms with Crippen molar-refractivity contribution in [2.75, 3.05) is 23.3 Å². The summed E-state index contributed by atoms with van der Waals surface area (Å²) in [7, 11) is 0. The summed E-state index contributed by atoms with van der Waals surface area (Å²) >= 11 is 0. The summed E-state index contributed by atoms with van der Waals surface area (Å²) in [6.45, 7) is 8.34. The fourth-order valence-corrected chi connectivity index (χ4v) is 3.16. The predicted molar refractivity (Wildman–Crippen MR) is 98.3 cm³/mol. The van der Waals surface area contributed by atoms with Crippen molar-refractivity contribution < 1.29 is 0 Å². The molecule has 0 unspecified atom stereocenters. The summed E-state index contributed by atoms with van der Waals surface area (Å²) in [6, 6.07) is 10.8. The zero-order valence-corrected chi connectivity index (χ0v) is 14.9. The quantitative estimate of drug-likeness (QED) is 0.932. The highest BCUT2D eigenvalue weighted by molar-refractivity contribution is 5.40. The minimum atomic E-state index is -0.0318. The van der Waals surface area contributed by atoms with Gasteiger partial charge in [0, 0.05) is 18.6 Å². The van der Waals surface area contributed by atoms with E-state index in [0.717, 1.165) is 30.8 Å². The van der Waals surface area contributed by atoms with Crippen molar-refractivity contribution in [2.45, 2.75) is 45.6 Å². The highest BCUT2D eigenvalue weighted by Gasteiger charge is 2.22. The van der Waals surface area contributed by atoms with E-state index in [1.165, 1.54) is 24.8 Å². The van der Waals surface area contributed by atoms with Crippen LogP contribution in [0.15, 0.2) is 36.5 Å². The molecule has 5 heteroatoms. The van der Waals surface area contributed by atoms with Crippen molar-refractivity contribution in [3.8, 4) is 0 Å². The first-order valence-electron chi connectivity index (χ1n) is 8.76. The Morgan fingerprint density at radius 3 is 2.50 bits per heavy atom. The molecule has 1 aromatic carbocycles. The lowest BCUT2D eigenvalue weighted by Crippen LogP contribution is -2.36. The molecule has 0 bridgehead atoms. The molecule has 1 fully saturated rings. The summed E-state index contributed by atoms with van der Waals surface area (Å²) in [5, 5.41) is 11.7. The summed E-state index contributed by atoms with van der Waals surface area (Å²) in [4.78, 5) is 6.88. The third-order valence-electron chi connectivity index (χ3n) is 4.32. The molecule has 0 amide bonds. The largest absolute Gasteiger partial charge is 0.364 e. The van der Waals surface area contributed by atoms with E-state index in [2.05, 4.69) is 76.5 Å². The molecule has 2 heterocycles. The Morgan fingerprint density at radius 1 is 1.12 bits per heavy atom. The molecular weight excluding hydrogens is 298 g/mol. The molecule has 0 atom stereocenters. The average Bonchev–Trinajstić information content (AvgIpc) is 2.55. The number of hydrogen-bond donors (Lipinski definition) is 1. The molecule has 0 radical (unpaired) electrons. The van der Waals surface area contributed by atoms with E-state index in [-0.39, 0.29) is 5.54 Å². The summed E-state index contributed by atoms with van der Waals surface area (Å²) < 4.78 is 0. The Hall–Kier alpha value is -2.17. The lowest BCUT2D eigenvalue weighted by atomic mass is 9.90. The molecule has 0 spiro atoms. The van der Waals surface area contributed by atoms with Crippen LogP contribution in [0.4, 0.5) is 11.8 Å². The smallest absolute Gasteiger partial charge is 0.247 e. The van der Waals surface area contributed by atoms with Crippen LogP contribution >= 0.6 is 0 Å². The van der Waals surface area contributed by atoms with E-state index in [4.69, 9.17) is 0 Å². The van der Waals surface area contributed by atoms with Gasteiger partial charge in [0.2, 0.25) is 5.95 Å². The van der Waals surface area contributed by atoms with Gasteiger partial charge in [0.25, 0.3) is 0 Å². The number of anilines is 2. The number of aromatic nitrogens is 3. The molecular formula is C19H27N5. The van der Waals surface area contributed by atoms with Crippen molar-refractivity contribution >= 4 is 11.8 Å². The SMILES string of the molecule is CC(C)(C)Nc1cnnc(N2CCC(Cc3ccccc3)CC2)n1. The van der Waals surface area contributed by atoms with Crippen LogP contribution in [0.3, 0.4) is 0 Å². The third-order valence-corrected chi connectivity index (χ3v) is 4.32. The van der Waals surface area contributed by atoms with Crippen molar-refractivity contribution in [3.63, 3.8) is 0 Å². The average molecular weight is 325 g/mol. The Bertz CT molecular complexity index is 642. The number of benzene rings is 1. The first-order chi connectivity index (χ1) is 11.5. The molecule has 1 aliphatic rings. The zero-order valence-electron chi connectivity index (χ0n) is 14.9. The second-order valence-electron chi connectivity index (χ2n) is 7.64. The summed E-state index contributed by atoms with van der Waals surface area (Å²) in [5.41, 5.74) is 1.40. The molecule has 24 heavy (non-hydrogen) atoms. The first-order valence-corrected chi connectivity index (χ1v) is 8.76. The van der Waals surface area contributed by atoms with E-state index in [0.29, 0.717) is 0 Å². The topological polar surface area (TPSA) is 53.9 Å². The maximum atomic E-state index is 4.63. The molecule has 1 saturated heterocycles. The molecule has 0 aliphatic carbocycles. The number of piperidine rings is 1. The number of nitrogens with one attached hydrogen (secondary N) is 1.